The zero-order valence-corrected chi connectivity index (χ0v) is 14.0. The number of nitrogens with zero attached hydrogens (tertiary/aromatic N) is 4. The van der Waals surface area contributed by atoms with E-state index < -0.39 is 23.1 Å². The number of aryl methyl sites for hydroxylation is 1. The summed E-state index contributed by atoms with van der Waals surface area (Å²) >= 11 is 0. The van der Waals surface area contributed by atoms with Gasteiger partial charge in [0, 0.05) is 50.7 Å². The van der Waals surface area contributed by atoms with Crippen molar-refractivity contribution >= 4 is 11.7 Å². The molecule has 8 heteroatoms. The number of hydrogen-bond donors (Lipinski definition) is 0. The van der Waals surface area contributed by atoms with Crippen molar-refractivity contribution in [2.45, 2.75) is 6.92 Å². The third-order valence-corrected chi connectivity index (χ3v) is 4.19. The molecule has 0 N–H and O–H groups in total. The molecule has 0 atom stereocenters. The zero-order chi connectivity index (χ0) is 18.0. The van der Waals surface area contributed by atoms with Gasteiger partial charge in [-0.25, -0.2) is 13.8 Å². The maximum atomic E-state index is 14.1. The van der Waals surface area contributed by atoms with Gasteiger partial charge in [-0.2, -0.15) is 0 Å². The average Bonchev–Trinajstić information content (AvgIpc) is 2.61. The molecule has 0 bridgehead atoms. The molecule has 1 aliphatic rings. The standard InChI is InChI=1S/C17H18F2N4O2/c1-11-16(21-4-3-20-11)22-5-7-23(8-6-22)17(24)15-13(18)9-12(25-2)10-14(15)19/h3-4,9-10H,5-8H2,1-2H3. The zero-order valence-electron chi connectivity index (χ0n) is 14.0. The van der Waals surface area contributed by atoms with Crippen LogP contribution in [0.15, 0.2) is 24.5 Å². The number of anilines is 1. The highest BCUT2D eigenvalue weighted by Crippen LogP contribution is 2.23. The summed E-state index contributed by atoms with van der Waals surface area (Å²) in [4.78, 5) is 24.5. The van der Waals surface area contributed by atoms with Crippen molar-refractivity contribution in [2.24, 2.45) is 0 Å². The van der Waals surface area contributed by atoms with E-state index in [2.05, 4.69) is 9.97 Å². The Hall–Kier alpha value is -2.77. The lowest BCUT2D eigenvalue weighted by Gasteiger charge is -2.35. The highest BCUT2D eigenvalue weighted by atomic mass is 19.1. The summed E-state index contributed by atoms with van der Waals surface area (Å²) in [6.07, 6.45) is 3.23. The molecular weight excluding hydrogens is 330 g/mol. The summed E-state index contributed by atoms with van der Waals surface area (Å²) in [6, 6.07) is 2.02. The van der Waals surface area contributed by atoms with Crippen LogP contribution in [0.1, 0.15) is 16.1 Å². The lowest BCUT2D eigenvalue weighted by Crippen LogP contribution is -2.49. The van der Waals surface area contributed by atoms with E-state index in [-0.39, 0.29) is 5.75 Å². The number of ether oxygens (including phenoxy) is 1. The second kappa shape index (κ2) is 7.00. The second-order valence-corrected chi connectivity index (χ2v) is 5.71. The summed E-state index contributed by atoms with van der Waals surface area (Å²) in [5.41, 5.74) is 0.249. The van der Waals surface area contributed by atoms with E-state index in [9.17, 15) is 13.6 Å². The van der Waals surface area contributed by atoms with Crippen molar-refractivity contribution in [3.8, 4) is 5.75 Å². The summed E-state index contributed by atoms with van der Waals surface area (Å²) in [7, 11) is 1.31. The summed E-state index contributed by atoms with van der Waals surface area (Å²) in [5, 5.41) is 0. The number of benzene rings is 1. The number of rotatable bonds is 3. The van der Waals surface area contributed by atoms with E-state index in [1.807, 2.05) is 11.8 Å². The first-order valence-electron chi connectivity index (χ1n) is 7.86. The molecule has 2 heterocycles. The SMILES string of the molecule is COc1cc(F)c(C(=O)N2CCN(c3nccnc3C)CC2)c(F)c1. The van der Waals surface area contributed by atoms with Crippen LogP contribution in [0.4, 0.5) is 14.6 Å². The number of carbonyl (C=O) groups is 1. The number of halogens is 2. The Morgan fingerprint density at radius 3 is 2.24 bits per heavy atom. The average molecular weight is 348 g/mol. The maximum Gasteiger partial charge on any atom is 0.259 e. The van der Waals surface area contributed by atoms with Gasteiger partial charge in [-0.15, -0.1) is 0 Å². The van der Waals surface area contributed by atoms with Crippen LogP contribution in [-0.2, 0) is 0 Å². The molecular formula is C17H18F2N4O2. The van der Waals surface area contributed by atoms with Gasteiger partial charge in [0.1, 0.15) is 28.8 Å². The summed E-state index contributed by atoms with van der Waals surface area (Å²) in [6.45, 7) is 3.59. The molecule has 2 aromatic rings. The number of carbonyl (C=O) groups excluding carboxylic acids is 1. The Bertz CT molecular complexity index is 769. The Morgan fingerprint density at radius 1 is 1.08 bits per heavy atom. The van der Waals surface area contributed by atoms with Gasteiger partial charge < -0.3 is 14.5 Å². The van der Waals surface area contributed by atoms with Crippen LogP contribution >= 0.6 is 0 Å². The fourth-order valence-electron chi connectivity index (χ4n) is 2.86. The maximum absolute atomic E-state index is 14.1. The largest absolute Gasteiger partial charge is 0.497 e. The molecule has 1 fully saturated rings. The van der Waals surface area contributed by atoms with Crippen molar-refractivity contribution in [3.63, 3.8) is 0 Å². The van der Waals surface area contributed by atoms with E-state index >= 15 is 0 Å². The van der Waals surface area contributed by atoms with Crippen molar-refractivity contribution in [1.82, 2.24) is 14.9 Å². The highest BCUT2D eigenvalue weighted by Gasteiger charge is 2.28. The molecule has 0 radical (unpaired) electrons. The predicted molar refractivity (Wildman–Crippen MR) is 87.8 cm³/mol. The van der Waals surface area contributed by atoms with Gasteiger partial charge in [0.15, 0.2) is 0 Å². The Balaban J connectivity index is 1.73. The van der Waals surface area contributed by atoms with Gasteiger partial charge in [0.05, 0.1) is 12.8 Å². The van der Waals surface area contributed by atoms with Gasteiger partial charge in [0.2, 0.25) is 0 Å². The van der Waals surface area contributed by atoms with E-state index in [1.165, 1.54) is 12.0 Å². The molecule has 0 aliphatic carbocycles. The predicted octanol–water partition coefficient (Wildman–Crippen LogP) is 2.03. The van der Waals surface area contributed by atoms with Crippen LogP contribution in [0.25, 0.3) is 0 Å². The number of amides is 1. The summed E-state index contributed by atoms with van der Waals surface area (Å²) in [5.74, 6) is -1.71. The van der Waals surface area contributed by atoms with Gasteiger partial charge in [-0.3, -0.25) is 9.78 Å². The minimum atomic E-state index is -0.922. The van der Waals surface area contributed by atoms with Crippen molar-refractivity contribution in [3.05, 3.63) is 47.4 Å². The van der Waals surface area contributed by atoms with Crippen molar-refractivity contribution in [2.75, 3.05) is 38.2 Å². The molecule has 0 unspecified atom stereocenters. The molecule has 25 heavy (non-hydrogen) atoms. The third kappa shape index (κ3) is 3.38. The normalized spacial score (nSPS) is 14.6. The topological polar surface area (TPSA) is 58.6 Å². The lowest BCUT2D eigenvalue weighted by molar-refractivity contribution is 0.0736. The first-order chi connectivity index (χ1) is 12.0. The molecule has 0 saturated carbocycles. The Labute approximate surface area is 144 Å². The van der Waals surface area contributed by atoms with Crippen LogP contribution in [0, 0.1) is 18.6 Å². The smallest absolute Gasteiger partial charge is 0.259 e. The number of aromatic nitrogens is 2. The van der Waals surface area contributed by atoms with Gasteiger partial charge in [0.25, 0.3) is 5.91 Å². The molecule has 132 valence electrons. The van der Waals surface area contributed by atoms with Crippen LogP contribution in [-0.4, -0.2) is 54.1 Å². The molecule has 6 nitrogen and oxygen atoms in total. The number of piperazine rings is 1. The monoisotopic (exact) mass is 348 g/mol. The second-order valence-electron chi connectivity index (χ2n) is 5.71. The fourth-order valence-corrected chi connectivity index (χ4v) is 2.86. The quantitative estimate of drug-likeness (QED) is 0.850. The molecule has 1 aromatic heterocycles. The third-order valence-electron chi connectivity index (χ3n) is 4.19. The van der Waals surface area contributed by atoms with Crippen LogP contribution < -0.4 is 9.64 Å². The van der Waals surface area contributed by atoms with Gasteiger partial charge in [-0.05, 0) is 6.92 Å². The van der Waals surface area contributed by atoms with Crippen LogP contribution in [0.2, 0.25) is 0 Å². The number of methoxy groups -OCH3 is 1. The first kappa shape index (κ1) is 17.1. The van der Waals surface area contributed by atoms with E-state index in [0.29, 0.717) is 26.2 Å². The Morgan fingerprint density at radius 2 is 1.68 bits per heavy atom. The van der Waals surface area contributed by atoms with E-state index in [0.717, 1.165) is 23.6 Å². The van der Waals surface area contributed by atoms with Gasteiger partial charge in [-0.1, -0.05) is 0 Å². The van der Waals surface area contributed by atoms with E-state index in [1.54, 1.807) is 12.4 Å². The van der Waals surface area contributed by atoms with Crippen molar-refractivity contribution < 1.29 is 18.3 Å². The first-order valence-corrected chi connectivity index (χ1v) is 7.86. The molecule has 1 aliphatic heterocycles. The minimum Gasteiger partial charge on any atom is -0.497 e. The van der Waals surface area contributed by atoms with E-state index in [4.69, 9.17) is 4.74 Å². The molecule has 1 aromatic carbocycles. The molecule has 3 rings (SSSR count). The highest BCUT2D eigenvalue weighted by molar-refractivity contribution is 5.95. The molecule has 1 amide bonds. The van der Waals surface area contributed by atoms with Crippen LogP contribution in [0.3, 0.4) is 0 Å². The number of hydrogen-bond acceptors (Lipinski definition) is 5. The Kier molecular flexibility index (Phi) is 4.78. The minimum absolute atomic E-state index is 0.0366. The van der Waals surface area contributed by atoms with Crippen LogP contribution in [0.5, 0.6) is 5.75 Å². The van der Waals surface area contributed by atoms with Crippen molar-refractivity contribution in [1.29, 1.82) is 0 Å². The fraction of sp³-hybridized carbons (Fsp3) is 0.353. The molecule has 1 saturated heterocycles. The summed E-state index contributed by atoms with van der Waals surface area (Å²) < 4.78 is 33.0. The molecule has 0 spiro atoms. The lowest BCUT2D eigenvalue weighted by atomic mass is 10.1. The van der Waals surface area contributed by atoms with Gasteiger partial charge >= 0.3 is 0 Å².